The number of rotatable bonds is 8. The van der Waals surface area contributed by atoms with Gasteiger partial charge < -0.3 is 14.8 Å². The van der Waals surface area contributed by atoms with E-state index in [1.54, 1.807) is 0 Å². The van der Waals surface area contributed by atoms with Crippen LogP contribution in [0.4, 0.5) is 11.4 Å². The topological polar surface area (TPSA) is 42.8 Å². The molecule has 1 aliphatic heterocycles. The van der Waals surface area contributed by atoms with Crippen molar-refractivity contribution in [3.63, 3.8) is 0 Å². The molecule has 0 amide bonds. The molecule has 5 aromatic carbocycles. The van der Waals surface area contributed by atoms with E-state index >= 15 is 0 Å². The first-order valence-corrected chi connectivity index (χ1v) is 15.3. The molecule has 0 fully saturated rings. The van der Waals surface area contributed by atoms with Crippen molar-refractivity contribution >= 4 is 40.0 Å². The maximum absolute atomic E-state index is 6.74. The number of nitrogens with zero attached hydrogens (tertiary/aromatic N) is 1. The van der Waals surface area contributed by atoms with Crippen molar-refractivity contribution in [2.45, 2.75) is 31.9 Å². The van der Waals surface area contributed by atoms with E-state index in [4.69, 9.17) is 26.1 Å². The lowest BCUT2D eigenvalue weighted by Crippen LogP contribution is -2.28. The molecule has 0 radical (unpaired) electrons. The third-order valence-corrected chi connectivity index (χ3v) is 8.75. The second kappa shape index (κ2) is 12.0. The van der Waals surface area contributed by atoms with E-state index in [-0.39, 0.29) is 6.04 Å². The molecule has 2 aliphatic rings. The molecule has 0 unspecified atom stereocenters. The summed E-state index contributed by atoms with van der Waals surface area (Å²) in [6.07, 6.45) is 7.61. The third-order valence-electron chi connectivity index (χ3n) is 8.47. The van der Waals surface area contributed by atoms with Gasteiger partial charge in [-0.15, -0.1) is 0 Å². The average molecular weight is 585 g/mol. The molecule has 0 bridgehead atoms. The smallest absolute Gasteiger partial charge is 0.180 e. The summed E-state index contributed by atoms with van der Waals surface area (Å²) >= 11 is 6.74. The molecule has 5 aromatic rings. The van der Waals surface area contributed by atoms with E-state index in [0.29, 0.717) is 41.6 Å². The molecule has 7 rings (SSSR count). The monoisotopic (exact) mass is 584 g/mol. The molecule has 214 valence electrons. The van der Waals surface area contributed by atoms with Gasteiger partial charge in [-0.05, 0) is 82.6 Å². The molecular formula is C38H33ClN2O2. The van der Waals surface area contributed by atoms with Crippen molar-refractivity contribution in [1.29, 1.82) is 0 Å². The predicted octanol–water partition coefficient (Wildman–Crippen LogP) is 10.0. The van der Waals surface area contributed by atoms with Crippen LogP contribution in [0.1, 0.15) is 47.6 Å². The number of halogens is 1. The summed E-state index contributed by atoms with van der Waals surface area (Å²) in [5.41, 5.74) is 6.73. The molecule has 1 heterocycles. The molecule has 1 aliphatic carbocycles. The third kappa shape index (κ3) is 5.51. The summed E-state index contributed by atoms with van der Waals surface area (Å²) in [6, 6.07) is 35.8. The maximum atomic E-state index is 6.74. The van der Waals surface area contributed by atoms with Gasteiger partial charge in [-0.3, -0.25) is 4.99 Å². The van der Waals surface area contributed by atoms with Crippen LogP contribution in [0, 0.1) is 5.92 Å². The fourth-order valence-corrected chi connectivity index (χ4v) is 6.70. The minimum atomic E-state index is 0.266. The number of aliphatic imine (C=N–C) groups is 1. The van der Waals surface area contributed by atoms with Crippen LogP contribution in [0.5, 0.6) is 11.5 Å². The number of allylic oxidation sites excluding steroid dienone is 2. The van der Waals surface area contributed by atoms with Crippen molar-refractivity contribution in [2.24, 2.45) is 10.9 Å². The number of hydrogen-bond donors (Lipinski definition) is 1. The number of para-hydroxylation sites is 1. The SMILES string of the molecule is CCOc1cc(C=Nc2ccc([C@@H]3Nc4ccccc4[C@@H]4C=CC[C@@H]43)cc2)cc(Cl)c1OCc1cccc2ccccc12. The Hall–Kier alpha value is -4.54. The molecule has 1 N–H and O–H groups in total. The quantitative estimate of drug-likeness (QED) is 0.146. The highest BCUT2D eigenvalue weighted by Gasteiger charge is 2.37. The zero-order valence-corrected chi connectivity index (χ0v) is 24.8. The highest BCUT2D eigenvalue weighted by molar-refractivity contribution is 6.32. The van der Waals surface area contributed by atoms with Crippen LogP contribution in [-0.2, 0) is 6.61 Å². The average Bonchev–Trinajstić information content (AvgIpc) is 3.54. The van der Waals surface area contributed by atoms with Gasteiger partial charge >= 0.3 is 0 Å². The van der Waals surface area contributed by atoms with Gasteiger partial charge in [0.05, 0.1) is 23.4 Å². The Kier molecular flexibility index (Phi) is 7.61. The van der Waals surface area contributed by atoms with E-state index in [0.717, 1.165) is 28.6 Å². The fraction of sp³-hybridized carbons (Fsp3) is 0.184. The van der Waals surface area contributed by atoms with Gasteiger partial charge in [0, 0.05) is 17.8 Å². The standard InChI is InChI=1S/C38H33ClN2O2/c1-2-42-36-22-25(21-34(39)38(36)43-24-28-11-7-10-26-9-3-4-12-30(26)28)23-40-29-19-17-27(18-20-29)37-33-15-8-14-31(33)32-13-5-6-16-35(32)41-37/h3-14,16-23,31,33,37,41H,2,15,24H2,1H3/t31-,33-,37-/m0/s1. The Labute approximate surface area is 257 Å². The first-order chi connectivity index (χ1) is 21.2. The first-order valence-electron chi connectivity index (χ1n) is 14.9. The zero-order chi connectivity index (χ0) is 29.2. The van der Waals surface area contributed by atoms with Crippen LogP contribution in [0.15, 0.2) is 120 Å². The minimum Gasteiger partial charge on any atom is -0.490 e. The van der Waals surface area contributed by atoms with Crippen LogP contribution in [-0.4, -0.2) is 12.8 Å². The fourth-order valence-electron chi connectivity index (χ4n) is 6.42. The van der Waals surface area contributed by atoms with Gasteiger partial charge in [0.15, 0.2) is 11.5 Å². The van der Waals surface area contributed by atoms with Gasteiger partial charge in [0.2, 0.25) is 0 Å². The predicted molar refractivity (Wildman–Crippen MR) is 177 cm³/mol. The van der Waals surface area contributed by atoms with Gasteiger partial charge in [0.1, 0.15) is 6.61 Å². The number of benzene rings is 5. The van der Waals surface area contributed by atoms with Crippen molar-refractivity contribution in [3.05, 3.63) is 143 Å². The number of ether oxygens (including phenoxy) is 2. The number of nitrogens with one attached hydrogen (secondary N) is 1. The van der Waals surface area contributed by atoms with Crippen LogP contribution < -0.4 is 14.8 Å². The van der Waals surface area contributed by atoms with Crippen molar-refractivity contribution < 1.29 is 9.47 Å². The summed E-state index contributed by atoms with van der Waals surface area (Å²) < 4.78 is 12.2. The lowest BCUT2D eigenvalue weighted by atomic mass is 9.77. The Morgan fingerprint density at radius 3 is 2.60 bits per heavy atom. The Morgan fingerprint density at radius 2 is 1.72 bits per heavy atom. The summed E-state index contributed by atoms with van der Waals surface area (Å²) in [4.78, 5) is 4.75. The molecule has 0 saturated heterocycles. The van der Waals surface area contributed by atoms with Crippen molar-refractivity contribution in [1.82, 2.24) is 0 Å². The second-order valence-corrected chi connectivity index (χ2v) is 11.5. The highest BCUT2D eigenvalue weighted by Crippen LogP contribution is 2.49. The van der Waals surface area contributed by atoms with Crippen LogP contribution in [0.2, 0.25) is 5.02 Å². The van der Waals surface area contributed by atoms with E-state index < -0.39 is 0 Å². The Balaban J connectivity index is 1.08. The zero-order valence-electron chi connectivity index (χ0n) is 24.0. The molecule has 0 aromatic heterocycles. The van der Waals surface area contributed by atoms with Crippen LogP contribution >= 0.6 is 11.6 Å². The van der Waals surface area contributed by atoms with Gasteiger partial charge in [-0.25, -0.2) is 0 Å². The Bertz CT molecular complexity index is 1820. The van der Waals surface area contributed by atoms with Gasteiger partial charge in [0.25, 0.3) is 0 Å². The van der Waals surface area contributed by atoms with E-state index in [1.807, 2.05) is 43.5 Å². The molecule has 0 spiro atoms. The number of fused-ring (bicyclic) bond motifs is 4. The highest BCUT2D eigenvalue weighted by atomic mass is 35.5. The number of anilines is 1. The molecule has 43 heavy (non-hydrogen) atoms. The van der Waals surface area contributed by atoms with Gasteiger partial charge in [-0.2, -0.15) is 0 Å². The molecule has 4 nitrogen and oxygen atoms in total. The lowest BCUT2D eigenvalue weighted by Gasteiger charge is -2.37. The number of hydrogen-bond acceptors (Lipinski definition) is 4. The summed E-state index contributed by atoms with van der Waals surface area (Å²) in [5, 5.41) is 6.64. The minimum absolute atomic E-state index is 0.266. The van der Waals surface area contributed by atoms with E-state index in [1.165, 1.54) is 22.2 Å². The van der Waals surface area contributed by atoms with E-state index in [2.05, 4.69) is 90.3 Å². The van der Waals surface area contributed by atoms with Crippen LogP contribution in [0.25, 0.3) is 10.8 Å². The Morgan fingerprint density at radius 1 is 0.907 bits per heavy atom. The summed E-state index contributed by atoms with van der Waals surface area (Å²) in [6.45, 7) is 2.84. The first kappa shape index (κ1) is 27.3. The molecular weight excluding hydrogens is 552 g/mol. The lowest BCUT2D eigenvalue weighted by molar-refractivity contribution is 0.270. The van der Waals surface area contributed by atoms with Crippen LogP contribution in [0.3, 0.4) is 0 Å². The van der Waals surface area contributed by atoms with Gasteiger partial charge in [-0.1, -0.05) is 96.5 Å². The summed E-state index contributed by atoms with van der Waals surface area (Å²) in [5.74, 6) is 2.13. The van der Waals surface area contributed by atoms with Crippen molar-refractivity contribution in [2.75, 3.05) is 11.9 Å². The molecule has 0 saturated carbocycles. The van der Waals surface area contributed by atoms with E-state index in [9.17, 15) is 0 Å². The molecule has 5 heteroatoms. The summed E-state index contributed by atoms with van der Waals surface area (Å²) in [7, 11) is 0. The maximum Gasteiger partial charge on any atom is 0.180 e. The second-order valence-electron chi connectivity index (χ2n) is 11.1. The normalized spacial score (nSPS) is 18.8. The largest absolute Gasteiger partial charge is 0.490 e. The molecule has 3 atom stereocenters. The van der Waals surface area contributed by atoms with Crippen molar-refractivity contribution in [3.8, 4) is 11.5 Å².